The average molecular weight is 153 g/mol. The van der Waals surface area contributed by atoms with Gasteiger partial charge in [0.05, 0.1) is 0 Å². The third kappa shape index (κ3) is 3.26. The molecule has 0 amide bonds. The molecule has 0 aliphatic heterocycles. The van der Waals surface area contributed by atoms with Crippen molar-refractivity contribution in [3.63, 3.8) is 0 Å². The van der Waals surface area contributed by atoms with Crippen LogP contribution < -0.4 is 5.32 Å². The second kappa shape index (κ2) is 5.00. The van der Waals surface area contributed by atoms with Crippen LogP contribution in [0.5, 0.6) is 0 Å². The minimum absolute atomic E-state index is 0.551. The van der Waals surface area contributed by atoms with E-state index in [2.05, 4.69) is 32.7 Å². The molecule has 0 fully saturated rings. The molecule has 64 valence electrons. The van der Waals surface area contributed by atoms with Crippen molar-refractivity contribution < 1.29 is 0 Å². The summed E-state index contributed by atoms with van der Waals surface area (Å²) in [6.45, 7) is 10.5. The van der Waals surface area contributed by atoms with E-state index in [-0.39, 0.29) is 0 Å². The van der Waals surface area contributed by atoms with E-state index >= 15 is 0 Å². The van der Waals surface area contributed by atoms with E-state index in [0.717, 1.165) is 6.42 Å². The van der Waals surface area contributed by atoms with Crippen LogP contribution in [0.3, 0.4) is 0 Å². The van der Waals surface area contributed by atoms with E-state index in [1.807, 2.05) is 13.2 Å². The summed E-state index contributed by atoms with van der Waals surface area (Å²) >= 11 is 0. The van der Waals surface area contributed by atoms with Crippen LogP contribution >= 0.6 is 0 Å². The van der Waals surface area contributed by atoms with Crippen molar-refractivity contribution >= 4 is 0 Å². The van der Waals surface area contributed by atoms with Crippen molar-refractivity contribution in [1.82, 2.24) is 5.32 Å². The Kier molecular flexibility index (Phi) is 4.67. The fourth-order valence-electron chi connectivity index (χ4n) is 0.967. The fraction of sp³-hybridized carbons (Fsp3) is 0.600. The smallest absolute Gasteiger partial charge is 0.00278 e. The van der Waals surface area contributed by atoms with Gasteiger partial charge in [0.15, 0.2) is 0 Å². The molecule has 0 aromatic carbocycles. The minimum atomic E-state index is 0.551. The Morgan fingerprint density at radius 2 is 2.09 bits per heavy atom. The molecular formula is C10H19N. The van der Waals surface area contributed by atoms with Crippen LogP contribution in [0.4, 0.5) is 0 Å². The Morgan fingerprint density at radius 3 is 2.36 bits per heavy atom. The molecule has 0 bridgehead atoms. The molecule has 1 heteroatoms. The first-order chi connectivity index (χ1) is 5.13. The van der Waals surface area contributed by atoms with Gasteiger partial charge in [0, 0.05) is 7.05 Å². The maximum atomic E-state index is 4.04. The molecule has 0 atom stereocenters. The lowest BCUT2D eigenvalue weighted by molar-refractivity contribution is 0.766. The second-order valence-corrected chi connectivity index (χ2v) is 2.99. The van der Waals surface area contributed by atoms with Crippen LogP contribution in [0.1, 0.15) is 27.2 Å². The molecule has 0 aliphatic rings. The van der Waals surface area contributed by atoms with Gasteiger partial charge < -0.3 is 5.32 Å². The normalized spacial score (nSPS) is 11.9. The lowest BCUT2D eigenvalue weighted by Crippen LogP contribution is -2.01. The van der Waals surface area contributed by atoms with Crippen LogP contribution in [0.25, 0.3) is 0 Å². The average Bonchev–Trinajstić information content (AvgIpc) is 1.98. The van der Waals surface area contributed by atoms with Gasteiger partial charge in [0.25, 0.3) is 0 Å². The molecule has 0 unspecified atom stereocenters. The topological polar surface area (TPSA) is 12.0 Å². The summed E-state index contributed by atoms with van der Waals surface area (Å²) in [7, 11) is 1.92. The maximum Gasteiger partial charge on any atom is 0.00278 e. The Labute approximate surface area is 70.2 Å². The van der Waals surface area contributed by atoms with Crippen molar-refractivity contribution in [3.8, 4) is 0 Å². The SMILES string of the molecule is C=C(/C(=C/NC)CC)C(C)C. The largest absolute Gasteiger partial charge is 0.394 e. The highest BCUT2D eigenvalue weighted by Gasteiger charge is 2.03. The summed E-state index contributed by atoms with van der Waals surface area (Å²) < 4.78 is 0. The van der Waals surface area contributed by atoms with Crippen molar-refractivity contribution in [2.45, 2.75) is 27.2 Å². The van der Waals surface area contributed by atoms with Crippen molar-refractivity contribution in [1.29, 1.82) is 0 Å². The van der Waals surface area contributed by atoms with Crippen LogP contribution in [0.15, 0.2) is 23.9 Å². The van der Waals surface area contributed by atoms with Crippen LogP contribution in [0, 0.1) is 5.92 Å². The Balaban J connectivity index is 4.26. The monoisotopic (exact) mass is 153 g/mol. The molecule has 1 nitrogen and oxygen atoms in total. The summed E-state index contributed by atoms with van der Waals surface area (Å²) in [5, 5.41) is 3.03. The molecular weight excluding hydrogens is 134 g/mol. The van der Waals surface area contributed by atoms with Gasteiger partial charge in [-0.15, -0.1) is 0 Å². The third-order valence-electron chi connectivity index (χ3n) is 1.81. The Hall–Kier alpha value is -0.720. The minimum Gasteiger partial charge on any atom is -0.394 e. The molecule has 0 rings (SSSR count). The molecule has 0 spiro atoms. The third-order valence-corrected chi connectivity index (χ3v) is 1.81. The quantitative estimate of drug-likeness (QED) is 0.612. The van der Waals surface area contributed by atoms with Crippen molar-refractivity contribution in [3.05, 3.63) is 23.9 Å². The summed E-state index contributed by atoms with van der Waals surface area (Å²) in [6.07, 6.45) is 3.08. The number of nitrogens with one attached hydrogen (secondary N) is 1. The molecule has 1 N–H and O–H groups in total. The molecule has 0 aromatic heterocycles. The number of allylic oxidation sites excluding steroid dienone is 2. The Bertz CT molecular complexity index is 154. The zero-order valence-corrected chi connectivity index (χ0v) is 8.07. The first-order valence-corrected chi connectivity index (χ1v) is 4.18. The van der Waals surface area contributed by atoms with E-state index in [1.165, 1.54) is 11.1 Å². The lowest BCUT2D eigenvalue weighted by Gasteiger charge is -2.11. The van der Waals surface area contributed by atoms with Gasteiger partial charge in [-0.05, 0) is 29.7 Å². The van der Waals surface area contributed by atoms with Crippen LogP contribution in [0.2, 0.25) is 0 Å². The predicted octanol–water partition coefficient (Wildman–Crippen LogP) is 2.71. The van der Waals surface area contributed by atoms with Gasteiger partial charge in [-0.1, -0.05) is 27.4 Å². The summed E-state index contributed by atoms with van der Waals surface area (Å²) in [5.74, 6) is 0.551. The van der Waals surface area contributed by atoms with E-state index < -0.39 is 0 Å². The maximum absolute atomic E-state index is 4.04. The van der Waals surface area contributed by atoms with Gasteiger partial charge in [0.1, 0.15) is 0 Å². The van der Waals surface area contributed by atoms with Crippen LogP contribution in [-0.2, 0) is 0 Å². The summed E-state index contributed by atoms with van der Waals surface area (Å²) in [4.78, 5) is 0. The Morgan fingerprint density at radius 1 is 1.55 bits per heavy atom. The summed E-state index contributed by atoms with van der Waals surface area (Å²) in [5.41, 5.74) is 2.56. The lowest BCUT2D eigenvalue weighted by atomic mass is 9.96. The first kappa shape index (κ1) is 10.3. The molecule has 11 heavy (non-hydrogen) atoms. The van der Waals surface area contributed by atoms with Crippen molar-refractivity contribution in [2.24, 2.45) is 5.92 Å². The standard InChI is InChI=1S/C10H19N/c1-6-10(7-11-5)9(4)8(2)3/h7-8,11H,4,6H2,1-3,5H3/b10-7+. The van der Waals surface area contributed by atoms with Gasteiger partial charge in [0.2, 0.25) is 0 Å². The number of rotatable bonds is 4. The summed E-state index contributed by atoms with van der Waals surface area (Å²) in [6, 6.07) is 0. The molecule has 0 heterocycles. The van der Waals surface area contributed by atoms with Gasteiger partial charge >= 0.3 is 0 Å². The predicted molar refractivity (Wildman–Crippen MR) is 51.4 cm³/mol. The van der Waals surface area contributed by atoms with E-state index in [9.17, 15) is 0 Å². The highest BCUT2D eigenvalue weighted by atomic mass is 14.8. The molecule has 0 saturated heterocycles. The number of hydrogen-bond acceptors (Lipinski definition) is 1. The fourth-order valence-corrected chi connectivity index (χ4v) is 0.967. The zero-order chi connectivity index (χ0) is 8.85. The van der Waals surface area contributed by atoms with Gasteiger partial charge in [-0.3, -0.25) is 0 Å². The molecule has 0 radical (unpaired) electrons. The van der Waals surface area contributed by atoms with E-state index in [1.54, 1.807) is 0 Å². The van der Waals surface area contributed by atoms with Crippen LogP contribution in [-0.4, -0.2) is 7.05 Å². The van der Waals surface area contributed by atoms with Gasteiger partial charge in [-0.2, -0.15) is 0 Å². The molecule has 0 aliphatic carbocycles. The highest BCUT2D eigenvalue weighted by Crippen LogP contribution is 2.18. The zero-order valence-electron chi connectivity index (χ0n) is 8.07. The van der Waals surface area contributed by atoms with Crippen molar-refractivity contribution in [2.75, 3.05) is 7.05 Å². The first-order valence-electron chi connectivity index (χ1n) is 4.18. The highest BCUT2D eigenvalue weighted by molar-refractivity contribution is 5.28. The van der Waals surface area contributed by atoms with E-state index in [0.29, 0.717) is 5.92 Å². The number of hydrogen-bond donors (Lipinski definition) is 1. The second-order valence-electron chi connectivity index (χ2n) is 2.99. The molecule has 0 aromatic rings. The molecule has 0 saturated carbocycles. The van der Waals surface area contributed by atoms with E-state index in [4.69, 9.17) is 0 Å². The van der Waals surface area contributed by atoms with Gasteiger partial charge in [-0.25, -0.2) is 0 Å².